The molecule has 0 saturated carbocycles. The highest BCUT2D eigenvalue weighted by Gasteiger charge is 2.37. The standard InChI is InChI=1S/C21H14F6N4O3/c1-10(16-17(29-5-4-28-16)15-3-2-11(9-30-15)19(33)34)31-18(32)12-6-13(20(22,23)24)8-14(7-12)21(25,26)27/h2-10H,1H3,(H,31,32)(H,33,34)/t10-/m1/s1. The molecule has 0 saturated heterocycles. The molecule has 0 radical (unpaired) electrons. The summed E-state index contributed by atoms with van der Waals surface area (Å²) in [6, 6.07) is 2.15. The van der Waals surface area contributed by atoms with Gasteiger partial charge in [0.15, 0.2) is 0 Å². The lowest BCUT2D eigenvalue weighted by molar-refractivity contribution is -0.143. The molecule has 13 heteroatoms. The number of carboxylic acid groups (broad SMARTS) is 1. The molecule has 2 heterocycles. The third-order valence-electron chi connectivity index (χ3n) is 4.59. The molecule has 0 unspecified atom stereocenters. The van der Waals surface area contributed by atoms with Crippen LogP contribution in [0, 0.1) is 0 Å². The van der Waals surface area contributed by atoms with E-state index in [0.717, 1.165) is 6.20 Å². The number of hydrogen-bond donors (Lipinski definition) is 2. The molecular weight excluding hydrogens is 470 g/mol. The maximum absolute atomic E-state index is 13.1. The lowest BCUT2D eigenvalue weighted by Crippen LogP contribution is -2.28. The van der Waals surface area contributed by atoms with Crippen molar-refractivity contribution in [3.63, 3.8) is 0 Å². The van der Waals surface area contributed by atoms with Crippen LogP contribution in [0.3, 0.4) is 0 Å². The van der Waals surface area contributed by atoms with E-state index < -0.39 is 47.0 Å². The second kappa shape index (κ2) is 9.08. The predicted octanol–water partition coefficient (Wildman–Crippen LogP) is 4.77. The van der Waals surface area contributed by atoms with Crippen molar-refractivity contribution in [3.8, 4) is 11.4 Å². The molecule has 1 amide bonds. The molecule has 0 aliphatic heterocycles. The van der Waals surface area contributed by atoms with Crippen LogP contribution in [0.5, 0.6) is 0 Å². The zero-order valence-electron chi connectivity index (χ0n) is 17.1. The van der Waals surface area contributed by atoms with Gasteiger partial charge in [0.25, 0.3) is 5.91 Å². The van der Waals surface area contributed by atoms with Gasteiger partial charge in [-0.25, -0.2) is 4.79 Å². The lowest BCUT2D eigenvalue weighted by Gasteiger charge is -2.18. The summed E-state index contributed by atoms with van der Waals surface area (Å²) in [7, 11) is 0. The van der Waals surface area contributed by atoms with E-state index >= 15 is 0 Å². The summed E-state index contributed by atoms with van der Waals surface area (Å²) in [5, 5.41) is 11.3. The van der Waals surface area contributed by atoms with Crippen LogP contribution >= 0.6 is 0 Å². The summed E-state index contributed by atoms with van der Waals surface area (Å²) >= 11 is 0. The van der Waals surface area contributed by atoms with E-state index in [1.165, 1.54) is 31.5 Å². The number of nitrogens with zero attached hydrogens (tertiary/aromatic N) is 3. The van der Waals surface area contributed by atoms with Crippen LogP contribution in [-0.4, -0.2) is 31.9 Å². The van der Waals surface area contributed by atoms with Crippen LogP contribution in [0.2, 0.25) is 0 Å². The molecule has 0 aliphatic rings. The predicted molar refractivity (Wildman–Crippen MR) is 105 cm³/mol. The van der Waals surface area contributed by atoms with Crippen LogP contribution in [0.4, 0.5) is 26.3 Å². The second-order valence-electron chi connectivity index (χ2n) is 7.02. The number of alkyl halides is 6. The van der Waals surface area contributed by atoms with E-state index in [-0.39, 0.29) is 28.7 Å². The highest BCUT2D eigenvalue weighted by atomic mass is 19.4. The first-order chi connectivity index (χ1) is 15.8. The summed E-state index contributed by atoms with van der Waals surface area (Å²) < 4.78 is 78.5. The molecule has 0 bridgehead atoms. The molecule has 2 N–H and O–H groups in total. The molecule has 0 spiro atoms. The third-order valence-corrected chi connectivity index (χ3v) is 4.59. The van der Waals surface area contributed by atoms with Crippen molar-refractivity contribution >= 4 is 11.9 Å². The minimum atomic E-state index is -5.10. The summed E-state index contributed by atoms with van der Waals surface area (Å²) in [6.45, 7) is 1.40. The first-order valence-electron chi connectivity index (χ1n) is 9.38. The Hall–Kier alpha value is -4.03. The number of carboxylic acids is 1. The Morgan fingerprint density at radius 1 is 0.882 bits per heavy atom. The van der Waals surface area contributed by atoms with Crippen molar-refractivity contribution < 1.29 is 41.0 Å². The fourth-order valence-corrected chi connectivity index (χ4v) is 2.96. The van der Waals surface area contributed by atoms with Gasteiger partial charge in [0.2, 0.25) is 0 Å². The van der Waals surface area contributed by atoms with Crippen molar-refractivity contribution in [1.29, 1.82) is 0 Å². The maximum Gasteiger partial charge on any atom is 0.416 e. The van der Waals surface area contributed by atoms with Crippen molar-refractivity contribution in [2.24, 2.45) is 0 Å². The lowest BCUT2D eigenvalue weighted by atomic mass is 10.0. The number of benzene rings is 1. The molecule has 178 valence electrons. The fraction of sp³-hybridized carbons (Fsp3) is 0.190. The summed E-state index contributed by atoms with van der Waals surface area (Å²) in [6.07, 6.45) is -6.58. The molecule has 0 fully saturated rings. The molecule has 7 nitrogen and oxygen atoms in total. The van der Waals surface area contributed by atoms with Crippen LogP contribution < -0.4 is 5.32 Å². The number of carbonyl (C=O) groups is 2. The van der Waals surface area contributed by atoms with E-state index in [0.29, 0.717) is 12.1 Å². The molecular formula is C21H14F6N4O3. The highest BCUT2D eigenvalue weighted by Crippen LogP contribution is 2.36. The number of halogens is 6. The Kier molecular flexibility index (Phi) is 6.57. The molecule has 1 atom stereocenters. The first kappa shape index (κ1) is 24.6. The summed E-state index contributed by atoms with van der Waals surface area (Å²) in [5.41, 5.74) is -3.76. The number of rotatable bonds is 5. The van der Waals surface area contributed by atoms with Gasteiger partial charge in [-0.3, -0.25) is 19.7 Å². The maximum atomic E-state index is 13.1. The minimum absolute atomic E-state index is 0.0760. The van der Waals surface area contributed by atoms with E-state index in [2.05, 4.69) is 20.3 Å². The topological polar surface area (TPSA) is 105 Å². The molecule has 0 aliphatic carbocycles. The zero-order chi connectivity index (χ0) is 25.3. The van der Waals surface area contributed by atoms with Crippen LogP contribution in [0.15, 0.2) is 48.9 Å². The van der Waals surface area contributed by atoms with E-state index in [1.54, 1.807) is 0 Å². The second-order valence-corrected chi connectivity index (χ2v) is 7.02. The zero-order valence-corrected chi connectivity index (χ0v) is 17.1. The van der Waals surface area contributed by atoms with Gasteiger partial charge in [-0.2, -0.15) is 26.3 Å². The smallest absolute Gasteiger partial charge is 0.416 e. The van der Waals surface area contributed by atoms with E-state index in [4.69, 9.17) is 5.11 Å². The Morgan fingerprint density at radius 3 is 1.97 bits per heavy atom. The van der Waals surface area contributed by atoms with Gasteiger partial charge in [-0.05, 0) is 37.3 Å². The average molecular weight is 484 g/mol. The Labute approximate surface area is 187 Å². The number of carbonyl (C=O) groups excluding carboxylic acids is 1. The van der Waals surface area contributed by atoms with Crippen LogP contribution in [0.25, 0.3) is 11.4 Å². The third kappa shape index (κ3) is 5.47. The number of aromatic nitrogens is 3. The van der Waals surface area contributed by atoms with Crippen molar-refractivity contribution in [2.75, 3.05) is 0 Å². The van der Waals surface area contributed by atoms with E-state index in [1.807, 2.05) is 0 Å². The van der Waals surface area contributed by atoms with Crippen LogP contribution in [-0.2, 0) is 12.4 Å². The quantitative estimate of drug-likeness (QED) is 0.506. The first-order valence-corrected chi connectivity index (χ1v) is 9.38. The van der Waals surface area contributed by atoms with Gasteiger partial charge in [-0.1, -0.05) is 0 Å². The SMILES string of the molecule is C[C@@H](NC(=O)c1cc(C(F)(F)F)cc(C(F)(F)F)c1)c1nccnc1-c1ccc(C(=O)O)cn1. The normalized spacial score (nSPS) is 12.8. The van der Waals surface area contributed by atoms with Gasteiger partial charge >= 0.3 is 18.3 Å². The Morgan fingerprint density at radius 2 is 1.47 bits per heavy atom. The average Bonchev–Trinajstić information content (AvgIpc) is 2.77. The highest BCUT2D eigenvalue weighted by molar-refractivity contribution is 5.95. The summed E-state index contributed by atoms with van der Waals surface area (Å²) in [4.78, 5) is 35.7. The molecule has 3 aromatic rings. The summed E-state index contributed by atoms with van der Waals surface area (Å²) in [5.74, 6) is -2.41. The van der Waals surface area contributed by atoms with Gasteiger partial charge in [0.1, 0.15) is 5.69 Å². The van der Waals surface area contributed by atoms with Gasteiger partial charge < -0.3 is 10.4 Å². The van der Waals surface area contributed by atoms with Crippen molar-refractivity contribution in [3.05, 3.63) is 76.9 Å². The van der Waals surface area contributed by atoms with Crippen molar-refractivity contribution in [1.82, 2.24) is 20.3 Å². The van der Waals surface area contributed by atoms with Gasteiger partial charge in [0.05, 0.1) is 34.1 Å². The van der Waals surface area contributed by atoms with Crippen molar-refractivity contribution in [2.45, 2.75) is 25.3 Å². The molecule has 34 heavy (non-hydrogen) atoms. The number of nitrogens with one attached hydrogen (secondary N) is 1. The van der Waals surface area contributed by atoms with E-state index in [9.17, 15) is 35.9 Å². The number of amides is 1. The van der Waals surface area contributed by atoms with Crippen LogP contribution in [0.1, 0.15) is 50.5 Å². The minimum Gasteiger partial charge on any atom is -0.478 e. The molecule has 1 aromatic carbocycles. The number of aromatic carboxylic acids is 1. The molecule has 2 aromatic heterocycles. The molecule has 3 rings (SSSR count). The fourth-order valence-electron chi connectivity index (χ4n) is 2.96. The number of hydrogen-bond acceptors (Lipinski definition) is 5. The Bertz CT molecular complexity index is 1190. The van der Waals surface area contributed by atoms with Gasteiger partial charge in [-0.15, -0.1) is 0 Å². The Balaban J connectivity index is 1.93. The number of pyridine rings is 1. The monoisotopic (exact) mass is 484 g/mol. The van der Waals surface area contributed by atoms with Gasteiger partial charge in [0, 0.05) is 24.2 Å². The largest absolute Gasteiger partial charge is 0.478 e.